The van der Waals surface area contributed by atoms with E-state index in [0.717, 1.165) is 5.69 Å². The summed E-state index contributed by atoms with van der Waals surface area (Å²) in [5.74, 6) is -0.318. The number of thioether (sulfide) groups is 1. The summed E-state index contributed by atoms with van der Waals surface area (Å²) >= 11 is 1.22. The maximum Gasteiger partial charge on any atom is 0.230 e. The van der Waals surface area contributed by atoms with E-state index in [2.05, 4.69) is 15.5 Å². The van der Waals surface area contributed by atoms with Crippen molar-refractivity contribution in [2.75, 3.05) is 5.75 Å². The second kappa shape index (κ2) is 9.53. The van der Waals surface area contributed by atoms with Gasteiger partial charge in [-0.25, -0.2) is 8.78 Å². The molecule has 0 aliphatic rings. The Kier molecular flexibility index (Phi) is 6.37. The van der Waals surface area contributed by atoms with Gasteiger partial charge in [-0.15, -0.1) is 10.2 Å². The normalized spacial score (nSPS) is 10.8. The summed E-state index contributed by atoms with van der Waals surface area (Å²) in [6.07, 6.45) is 0. The highest BCUT2D eigenvalue weighted by Crippen LogP contribution is 2.28. The van der Waals surface area contributed by atoms with E-state index < -0.39 is 0 Å². The first kappa shape index (κ1) is 20.7. The molecule has 0 unspecified atom stereocenters. The lowest BCUT2D eigenvalue weighted by Crippen LogP contribution is -2.25. The van der Waals surface area contributed by atoms with E-state index in [-0.39, 0.29) is 29.8 Å². The number of rotatable bonds is 7. The fourth-order valence-corrected chi connectivity index (χ4v) is 3.76. The Bertz CT molecular complexity index is 1180. The third kappa shape index (κ3) is 4.97. The maximum absolute atomic E-state index is 13.7. The minimum absolute atomic E-state index is 0.0861. The zero-order valence-electron chi connectivity index (χ0n) is 16.3. The number of aromatic nitrogens is 3. The molecule has 1 aromatic heterocycles. The summed E-state index contributed by atoms with van der Waals surface area (Å²) in [6.45, 7) is 0.109. The van der Waals surface area contributed by atoms with Gasteiger partial charge in [-0.05, 0) is 42.5 Å². The van der Waals surface area contributed by atoms with E-state index in [9.17, 15) is 13.6 Å². The number of para-hydroxylation sites is 1. The van der Waals surface area contributed by atoms with Crippen molar-refractivity contribution < 1.29 is 13.6 Å². The van der Waals surface area contributed by atoms with Crippen molar-refractivity contribution in [2.45, 2.75) is 11.7 Å². The molecular weight excluding hydrogens is 418 g/mol. The van der Waals surface area contributed by atoms with Crippen LogP contribution in [0.2, 0.25) is 0 Å². The molecule has 4 rings (SSSR count). The first-order valence-electron chi connectivity index (χ1n) is 9.51. The van der Waals surface area contributed by atoms with Crippen molar-refractivity contribution in [1.82, 2.24) is 20.1 Å². The molecule has 0 aliphatic carbocycles. The van der Waals surface area contributed by atoms with Crippen molar-refractivity contribution in [1.29, 1.82) is 0 Å². The lowest BCUT2D eigenvalue weighted by atomic mass is 10.2. The van der Waals surface area contributed by atoms with E-state index in [1.807, 2.05) is 34.9 Å². The minimum Gasteiger partial charge on any atom is -0.351 e. The quantitative estimate of drug-likeness (QED) is 0.430. The number of nitrogens with zero attached hydrogens (tertiary/aromatic N) is 3. The van der Waals surface area contributed by atoms with E-state index in [4.69, 9.17) is 0 Å². The van der Waals surface area contributed by atoms with Gasteiger partial charge in [0.2, 0.25) is 5.91 Å². The molecule has 0 saturated heterocycles. The Balaban J connectivity index is 1.52. The molecule has 0 aliphatic heterocycles. The number of halogens is 2. The SMILES string of the molecule is O=C(CSc1nnc(-c2ccc(F)cc2)n1-c1ccccc1)NCc1ccccc1F. The number of carbonyl (C=O) groups excluding carboxylic acids is 1. The fraction of sp³-hybridized carbons (Fsp3) is 0.0870. The molecule has 1 amide bonds. The number of hydrogen-bond donors (Lipinski definition) is 1. The third-order valence-corrected chi connectivity index (χ3v) is 5.45. The average molecular weight is 436 g/mol. The molecule has 0 saturated carbocycles. The summed E-state index contributed by atoms with van der Waals surface area (Å²) in [5.41, 5.74) is 1.95. The summed E-state index contributed by atoms with van der Waals surface area (Å²) in [4.78, 5) is 12.3. The highest BCUT2D eigenvalue weighted by Gasteiger charge is 2.17. The monoisotopic (exact) mass is 436 g/mol. The van der Waals surface area contributed by atoms with Crippen LogP contribution in [0.15, 0.2) is 84.0 Å². The molecule has 31 heavy (non-hydrogen) atoms. The van der Waals surface area contributed by atoms with Crippen molar-refractivity contribution in [3.05, 3.63) is 96.1 Å². The van der Waals surface area contributed by atoms with Gasteiger partial charge in [0.1, 0.15) is 11.6 Å². The van der Waals surface area contributed by atoms with Gasteiger partial charge in [0.25, 0.3) is 0 Å². The van der Waals surface area contributed by atoms with Crippen molar-refractivity contribution in [3.63, 3.8) is 0 Å². The summed E-state index contributed by atoms with van der Waals surface area (Å²) in [6, 6.07) is 21.8. The molecule has 0 radical (unpaired) electrons. The third-order valence-electron chi connectivity index (χ3n) is 4.52. The lowest BCUT2D eigenvalue weighted by molar-refractivity contribution is -0.118. The van der Waals surface area contributed by atoms with E-state index >= 15 is 0 Å². The highest BCUT2D eigenvalue weighted by atomic mass is 32.2. The molecule has 156 valence electrons. The van der Waals surface area contributed by atoms with Gasteiger partial charge in [0.05, 0.1) is 5.75 Å². The van der Waals surface area contributed by atoms with Crippen molar-refractivity contribution >= 4 is 17.7 Å². The van der Waals surface area contributed by atoms with Crippen LogP contribution in [-0.2, 0) is 11.3 Å². The minimum atomic E-state index is -0.358. The molecule has 5 nitrogen and oxygen atoms in total. The standard InChI is InChI=1S/C23H18F2N4OS/c24-18-12-10-16(11-13-18)22-27-28-23(29(22)19-7-2-1-3-8-19)31-15-21(30)26-14-17-6-4-5-9-20(17)25/h1-13H,14-15H2,(H,26,30). The van der Waals surface area contributed by atoms with Crippen molar-refractivity contribution in [3.8, 4) is 17.1 Å². The first-order valence-corrected chi connectivity index (χ1v) is 10.5. The summed E-state index contributed by atoms with van der Waals surface area (Å²) in [7, 11) is 0. The van der Waals surface area contributed by atoms with Crippen LogP contribution in [0.4, 0.5) is 8.78 Å². The van der Waals surface area contributed by atoms with Crippen LogP contribution >= 0.6 is 11.8 Å². The van der Waals surface area contributed by atoms with Crippen LogP contribution in [0.1, 0.15) is 5.56 Å². The molecule has 0 atom stereocenters. The second-order valence-electron chi connectivity index (χ2n) is 6.64. The number of carbonyl (C=O) groups is 1. The Labute approximate surface area is 182 Å². The topological polar surface area (TPSA) is 59.8 Å². The predicted molar refractivity (Wildman–Crippen MR) is 116 cm³/mol. The number of amides is 1. The van der Waals surface area contributed by atoms with E-state index in [0.29, 0.717) is 22.1 Å². The van der Waals surface area contributed by atoms with E-state index in [1.165, 1.54) is 30.0 Å². The predicted octanol–water partition coefficient (Wildman–Crippen LogP) is 4.62. The van der Waals surface area contributed by atoms with Gasteiger partial charge in [0.15, 0.2) is 11.0 Å². The zero-order valence-corrected chi connectivity index (χ0v) is 17.2. The zero-order chi connectivity index (χ0) is 21.6. The van der Waals surface area contributed by atoms with Crippen molar-refractivity contribution in [2.24, 2.45) is 0 Å². The second-order valence-corrected chi connectivity index (χ2v) is 7.58. The van der Waals surface area contributed by atoms with Crippen LogP contribution in [-0.4, -0.2) is 26.4 Å². The molecule has 1 heterocycles. The van der Waals surface area contributed by atoms with Gasteiger partial charge in [-0.1, -0.05) is 48.2 Å². The first-order chi connectivity index (χ1) is 15.1. The molecule has 0 bridgehead atoms. The smallest absolute Gasteiger partial charge is 0.230 e. The largest absolute Gasteiger partial charge is 0.351 e. The molecular formula is C23H18F2N4OS. The Morgan fingerprint density at radius 1 is 0.903 bits per heavy atom. The fourth-order valence-electron chi connectivity index (χ4n) is 2.98. The van der Waals surface area contributed by atoms with Crippen LogP contribution in [0.3, 0.4) is 0 Å². The average Bonchev–Trinajstić information content (AvgIpc) is 3.22. The lowest BCUT2D eigenvalue weighted by Gasteiger charge is -2.10. The summed E-state index contributed by atoms with van der Waals surface area (Å²) in [5, 5.41) is 11.7. The van der Waals surface area contributed by atoms with Crippen LogP contribution < -0.4 is 5.32 Å². The molecule has 1 N–H and O–H groups in total. The number of benzene rings is 3. The number of nitrogens with one attached hydrogen (secondary N) is 1. The number of hydrogen-bond acceptors (Lipinski definition) is 4. The Morgan fingerprint density at radius 3 is 2.35 bits per heavy atom. The maximum atomic E-state index is 13.7. The molecule has 3 aromatic carbocycles. The Hall–Kier alpha value is -3.52. The van der Waals surface area contributed by atoms with Crippen LogP contribution in [0.5, 0.6) is 0 Å². The van der Waals surface area contributed by atoms with Gasteiger partial charge in [0, 0.05) is 23.4 Å². The molecule has 0 spiro atoms. The van der Waals surface area contributed by atoms with Gasteiger partial charge in [-0.2, -0.15) is 0 Å². The van der Waals surface area contributed by atoms with Gasteiger partial charge in [-0.3, -0.25) is 9.36 Å². The van der Waals surface area contributed by atoms with Gasteiger partial charge < -0.3 is 5.32 Å². The van der Waals surface area contributed by atoms with Gasteiger partial charge >= 0.3 is 0 Å². The van der Waals surface area contributed by atoms with Crippen LogP contribution in [0.25, 0.3) is 17.1 Å². The molecule has 0 fully saturated rings. The van der Waals surface area contributed by atoms with E-state index in [1.54, 1.807) is 30.3 Å². The highest BCUT2D eigenvalue weighted by molar-refractivity contribution is 7.99. The summed E-state index contributed by atoms with van der Waals surface area (Å²) < 4.78 is 28.9. The molecule has 8 heteroatoms. The molecule has 4 aromatic rings. The Morgan fingerprint density at radius 2 is 1.61 bits per heavy atom. The van der Waals surface area contributed by atoms with Crippen LogP contribution in [0, 0.1) is 11.6 Å².